The third kappa shape index (κ3) is 5.56. The summed E-state index contributed by atoms with van der Waals surface area (Å²) < 4.78 is 0. The molecule has 1 aromatic carbocycles. The van der Waals surface area contributed by atoms with Crippen LogP contribution in [0.25, 0.3) is 0 Å². The molecular formula is C14H23N2OS+. The van der Waals surface area contributed by atoms with Gasteiger partial charge in [-0.25, -0.2) is 0 Å². The number of carbonyl (C=O) groups excluding carboxylic acids is 1. The van der Waals surface area contributed by atoms with Crippen molar-refractivity contribution in [2.45, 2.75) is 31.7 Å². The van der Waals surface area contributed by atoms with E-state index in [4.69, 9.17) is 5.73 Å². The third-order valence-electron chi connectivity index (χ3n) is 2.93. The van der Waals surface area contributed by atoms with Gasteiger partial charge in [-0.2, -0.15) is 0 Å². The lowest BCUT2D eigenvalue weighted by molar-refractivity contribution is -0.911. The van der Waals surface area contributed by atoms with Gasteiger partial charge in [-0.1, -0.05) is 17.7 Å². The summed E-state index contributed by atoms with van der Waals surface area (Å²) in [4.78, 5) is 13.5. The van der Waals surface area contributed by atoms with Gasteiger partial charge in [0.15, 0.2) is 6.54 Å². The number of amides is 1. The Hall–Kier alpha value is -1.00. The molecule has 0 spiro atoms. The van der Waals surface area contributed by atoms with Gasteiger partial charge in [0.05, 0.1) is 12.6 Å². The summed E-state index contributed by atoms with van der Waals surface area (Å²) in [7, 11) is 0. The van der Waals surface area contributed by atoms with Crippen molar-refractivity contribution in [3.05, 3.63) is 29.8 Å². The van der Waals surface area contributed by atoms with E-state index in [-0.39, 0.29) is 5.91 Å². The maximum atomic E-state index is 11.0. The lowest BCUT2D eigenvalue weighted by Crippen LogP contribution is -3.16. The molecular weight excluding hydrogens is 244 g/mol. The predicted octanol–water partition coefficient (Wildman–Crippen LogP) is 0.866. The van der Waals surface area contributed by atoms with E-state index in [0.29, 0.717) is 12.6 Å². The highest BCUT2D eigenvalue weighted by Gasteiger charge is 2.15. The first-order valence-electron chi connectivity index (χ1n) is 6.31. The molecule has 0 aliphatic heterocycles. The van der Waals surface area contributed by atoms with Crippen molar-refractivity contribution in [2.75, 3.05) is 18.8 Å². The smallest absolute Gasteiger partial charge is 0.272 e. The molecule has 0 heterocycles. The topological polar surface area (TPSA) is 47.5 Å². The average Bonchev–Trinajstić information content (AvgIpc) is 2.29. The summed E-state index contributed by atoms with van der Waals surface area (Å²) in [6.07, 6.45) is 0. The van der Waals surface area contributed by atoms with Crippen molar-refractivity contribution in [3.8, 4) is 0 Å². The molecule has 3 nitrogen and oxygen atoms in total. The molecule has 1 rings (SSSR count). The molecule has 0 bridgehead atoms. The van der Waals surface area contributed by atoms with Crippen molar-refractivity contribution in [2.24, 2.45) is 5.73 Å². The minimum atomic E-state index is -0.223. The number of benzene rings is 1. The number of hydrogen-bond donors (Lipinski definition) is 2. The molecule has 4 heteroatoms. The molecule has 0 radical (unpaired) electrons. The van der Waals surface area contributed by atoms with Crippen LogP contribution in [0.3, 0.4) is 0 Å². The van der Waals surface area contributed by atoms with Crippen LogP contribution in [0.15, 0.2) is 29.2 Å². The van der Waals surface area contributed by atoms with Crippen molar-refractivity contribution >= 4 is 17.7 Å². The molecule has 100 valence electrons. The quantitative estimate of drug-likeness (QED) is 0.720. The summed E-state index contributed by atoms with van der Waals surface area (Å²) in [5, 5.41) is 0. The van der Waals surface area contributed by atoms with Crippen LogP contribution in [0.4, 0.5) is 0 Å². The maximum absolute atomic E-state index is 11.0. The fraction of sp³-hybridized carbons (Fsp3) is 0.500. The second-order valence-corrected chi connectivity index (χ2v) is 6.04. The normalized spacial score (nSPS) is 12.7. The second kappa shape index (κ2) is 7.44. The van der Waals surface area contributed by atoms with E-state index >= 15 is 0 Å². The number of hydrogen-bond acceptors (Lipinski definition) is 2. The number of nitrogens with two attached hydrogens (primary N) is 1. The van der Waals surface area contributed by atoms with E-state index in [1.54, 1.807) is 0 Å². The number of aryl methyl sites for hydroxylation is 1. The predicted molar refractivity (Wildman–Crippen MR) is 76.9 cm³/mol. The summed E-state index contributed by atoms with van der Waals surface area (Å²) in [6, 6.07) is 8.96. The number of quaternary nitrogens is 1. The Balaban J connectivity index is 2.38. The van der Waals surface area contributed by atoms with Gasteiger partial charge in [0.25, 0.3) is 5.91 Å². The first kappa shape index (κ1) is 15.1. The molecule has 1 unspecified atom stereocenters. The van der Waals surface area contributed by atoms with Crippen molar-refractivity contribution in [1.29, 1.82) is 0 Å². The molecule has 0 saturated heterocycles. The number of carbonyl (C=O) groups is 1. The van der Waals surface area contributed by atoms with Crippen LogP contribution in [0.1, 0.15) is 19.4 Å². The van der Waals surface area contributed by atoms with Gasteiger partial charge in [-0.3, -0.25) is 4.79 Å². The third-order valence-corrected chi connectivity index (χ3v) is 3.94. The Labute approximate surface area is 114 Å². The zero-order chi connectivity index (χ0) is 13.5. The fourth-order valence-electron chi connectivity index (χ4n) is 1.74. The largest absolute Gasteiger partial charge is 0.365 e. The number of thioether (sulfide) groups is 1. The average molecular weight is 267 g/mol. The number of primary amides is 1. The minimum absolute atomic E-state index is 0.223. The van der Waals surface area contributed by atoms with Gasteiger partial charge in [0.1, 0.15) is 0 Å². The Morgan fingerprint density at radius 2 is 1.94 bits per heavy atom. The lowest BCUT2D eigenvalue weighted by atomic mass is 10.2. The Morgan fingerprint density at radius 3 is 2.44 bits per heavy atom. The van der Waals surface area contributed by atoms with Gasteiger partial charge in [0, 0.05) is 10.6 Å². The highest BCUT2D eigenvalue weighted by molar-refractivity contribution is 7.99. The Bertz CT molecular complexity index is 376. The Morgan fingerprint density at radius 1 is 1.33 bits per heavy atom. The molecule has 3 N–H and O–H groups in total. The first-order chi connectivity index (χ1) is 8.49. The van der Waals surface area contributed by atoms with E-state index in [0.717, 1.165) is 12.3 Å². The lowest BCUT2D eigenvalue weighted by Gasteiger charge is -2.21. The van der Waals surface area contributed by atoms with Crippen LogP contribution in [-0.4, -0.2) is 30.8 Å². The van der Waals surface area contributed by atoms with Gasteiger partial charge in [0.2, 0.25) is 0 Å². The molecule has 0 saturated carbocycles. The van der Waals surface area contributed by atoms with Gasteiger partial charge < -0.3 is 10.6 Å². The summed E-state index contributed by atoms with van der Waals surface area (Å²) >= 11 is 1.83. The molecule has 0 fully saturated rings. The zero-order valence-corrected chi connectivity index (χ0v) is 12.2. The van der Waals surface area contributed by atoms with Crippen LogP contribution in [0.5, 0.6) is 0 Å². The van der Waals surface area contributed by atoms with Crippen LogP contribution in [-0.2, 0) is 4.79 Å². The molecule has 0 aliphatic carbocycles. The van der Waals surface area contributed by atoms with Gasteiger partial charge in [-0.05, 0) is 32.9 Å². The molecule has 1 amide bonds. The SMILES string of the molecule is Cc1ccc(SCC[NH+](CC(N)=O)C(C)C)cc1. The Kier molecular flexibility index (Phi) is 6.22. The van der Waals surface area contributed by atoms with E-state index < -0.39 is 0 Å². The van der Waals surface area contributed by atoms with E-state index in [1.807, 2.05) is 11.8 Å². The van der Waals surface area contributed by atoms with Crippen LogP contribution >= 0.6 is 11.8 Å². The zero-order valence-electron chi connectivity index (χ0n) is 11.4. The molecule has 1 aromatic rings. The van der Waals surface area contributed by atoms with Crippen molar-refractivity contribution < 1.29 is 9.69 Å². The number of nitrogens with one attached hydrogen (secondary N) is 1. The van der Waals surface area contributed by atoms with E-state index in [1.165, 1.54) is 15.4 Å². The van der Waals surface area contributed by atoms with E-state index in [9.17, 15) is 4.79 Å². The summed E-state index contributed by atoms with van der Waals surface area (Å²) in [5.41, 5.74) is 6.54. The van der Waals surface area contributed by atoms with Gasteiger partial charge in [-0.15, -0.1) is 11.8 Å². The highest BCUT2D eigenvalue weighted by Crippen LogP contribution is 2.17. The summed E-state index contributed by atoms with van der Waals surface area (Å²) in [5.74, 6) is 0.781. The molecule has 18 heavy (non-hydrogen) atoms. The van der Waals surface area contributed by atoms with Crippen LogP contribution in [0.2, 0.25) is 0 Å². The summed E-state index contributed by atoms with van der Waals surface area (Å²) in [6.45, 7) is 7.71. The molecule has 0 aliphatic rings. The molecule has 1 atom stereocenters. The highest BCUT2D eigenvalue weighted by atomic mass is 32.2. The second-order valence-electron chi connectivity index (χ2n) is 4.87. The standard InChI is InChI=1S/C14H22N2OS/c1-11(2)16(10-14(15)17)8-9-18-13-6-4-12(3)5-7-13/h4-7,11H,8-10H2,1-3H3,(H2,15,17)/p+1. The van der Waals surface area contributed by atoms with Crippen LogP contribution < -0.4 is 10.6 Å². The first-order valence-corrected chi connectivity index (χ1v) is 7.30. The van der Waals surface area contributed by atoms with E-state index in [2.05, 4.69) is 45.0 Å². The fourth-order valence-corrected chi connectivity index (χ4v) is 2.67. The van der Waals surface area contributed by atoms with Crippen molar-refractivity contribution in [3.63, 3.8) is 0 Å². The minimum Gasteiger partial charge on any atom is -0.365 e. The monoisotopic (exact) mass is 267 g/mol. The van der Waals surface area contributed by atoms with Crippen molar-refractivity contribution in [1.82, 2.24) is 0 Å². The molecule has 0 aromatic heterocycles. The van der Waals surface area contributed by atoms with Crippen LogP contribution in [0, 0.1) is 6.92 Å². The maximum Gasteiger partial charge on any atom is 0.272 e. The number of rotatable bonds is 7. The van der Waals surface area contributed by atoms with Gasteiger partial charge >= 0.3 is 0 Å².